The van der Waals surface area contributed by atoms with Crippen LogP contribution in [-0.4, -0.2) is 70.0 Å². The van der Waals surface area contributed by atoms with Crippen LogP contribution in [0.25, 0.3) is 11.0 Å². The number of imide groups is 1. The molecule has 8 rings (SSSR count). The van der Waals surface area contributed by atoms with Crippen molar-refractivity contribution >= 4 is 46.0 Å². The molecule has 3 fully saturated rings. The fourth-order valence-corrected chi connectivity index (χ4v) is 8.06. The Morgan fingerprint density at radius 3 is 2.50 bits per heavy atom. The maximum absolute atomic E-state index is 12.5. The molecule has 5 heterocycles. The molecule has 4 N–H and O–H groups in total. The summed E-state index contributed by atoms with van der Waals surface area (Å²) in [4.78, 5) is 50.2. The molecular weight excluding hydrogens is 608 g/mol. The number of benzene rings is 2. The number of aromatic nitrogens is 3. The Morgan fingerprint density at radius 1 is 0.958 bits per heavy atom. The SMILES string of the molecule is NC(=O)c1ncc(N2CCCCC2)nc1Nc1ccc(C2CCN(C3Cc4ccc5c(C6CCC(=O)NC6=O)noc5c4C3)CC2)cc1. The number of carbonyl (C=O) groups excluding carboxylic acids is 3. The van der Waals surface area contributed by atoms with Gasteiger partial charge in [0.25, 0.3) is 5.91 Å². The van der Waals surface area contributed by atoms with Crippen molar-refractivity contribution in [1.29, 1.82) is 0 Å². The molecule has 0 spiro atoms. The molecule has 4 aromatic rings. The van der Waals surface area contributed by atoms with Crippen LogP contribution in [0, 0.1) is 0 Å². The maximum atomic E-state index is 12.5. The van der Waals surface area contributed by atoms with Crippen LogP contribution < -0.4 is 21.3 Å². The third-order valence-electron chi connectivity index (χ3n) is 10.7. The summed E-state index contributed by atoms with van der Waals surface area (Å²) in [5.74, 6) is 0.0339. The third kappa shape index (κ3) is 5.78. The zero-order chi connectivity index (χ0) is 32.8. The van der Waals surface area contributed by atoms with Crippen LogP contribution in [0.5, 0.6) is 0 Å². The zero-order valence-electron chi connectivity index (χ0n) is 26.9. The quantitative estimate of drug-likeness (QED) is 0.246. The molecule has 3 amide bonds. The van der Waals surface area contributed by atoms with Gasteiger partial charge in [0.15, 0.2) is 17.1 Å². The van der Waals surface area contributed by atoms with Crippen molar-refractivity contribution in [2.75, 3.05) is 36.4 Å². The number of primary amides is 1. The van der Waals surface area contributed by atoms with Crippen molar-refractivity contribution in [1.82, 2.24) is 25.3 Å². The molecule has 48 heavy (non-hydrogen) atoms. The third-order valence-corrected chi connectivity index (χ3v) is 10.7. The van der Waals surface area contributed by atoms with Crippen LogP contribution in [0.15, 0.2) is 47.1 Å². The number of hydrogen-bond donors (Lipinski definition) is 3. The fraction of sp³-hybridized carbons (Fsp3) is 0.444. The van der Waals surface area contributed by atoms with Gasteiger partial charge in [0.05, 0.1) is 12.1 Å². The number of nitrogens with zero attached hydrogens (tertiary/aromatic N) is 5. The Bertz CT molecular complexity index is 1870. The van der Waals surface area contributed by atoms with E-state index in [1.807, 2.05) is 18.2 Å². The van der Waals surface area contributed by atoms with Crippen molar-refractivity contribution in [3.8, 4) is 0 Å². The lowest BCUT2D eigenvalue weighted by atomic mass is 9.88. The van der Waals surface area contributed by atoms with Crippen LogP contribution in [0.2, 0.25) is 0 Å². The smallest absolute Gasteiger partial charge is 0.271 e. The molecule has 3 aliphatic heterocycles. The first-order chi connectivity index (χ1) is 23.4. The van der Waals surface area contributed by atoms with Gasteiger partial charge in [-0.2, -0.15) is 0 Å². The average Bonchev–Trinajstić information content (AvgIpc) is 3.74. The molecule has 1 aliphatic carbocycles. The number of piperidine rings is 3. The van der Waals surface area contributed by atoms with Crippen molar-refractivity contribution in [2.24, 2.45) is 5.73 Å². The minimum atomic E-state index is -0.605. The van der Waals surface area contributed by atoms with Crippen molar-refractivity contribution in [3.05, 3.63) is 70.7 Å². The van der Waals surface area contributed by atoms with Crippen LogP contribution in [-0.2, 0) is 22.4 Å². The highest BCUT2D eigenvalue weighted by molar-refractivity contribution is 6.02. The number of hydrogen-bond acceptors (Lipinski definition) is 10. The highest BCUT2D eigenvalue weighted by Crippen LogP contribution is 2.39. The Kier molecular flexibility index (Phi) is 8.03. The highest BCUT2D eigenvalue weighted by atomic mass is 16.5. The second-order valence-electron chi connectivity index (χ2n) is 13.6. The summed E-state index contributed by atoms with van der Waals surface area (Å²) in [7, 11) is 0. The summed E-state index contributed by atoms with van der Waals surface area (Å²) in [6, 6.07) is 13.0. The fourth-order valence-electron chi connectivity index (χ4n) is 8.06. The van der Waals surface area contributed by atoms with Gasteiger partial charge in [-0.05, 0) is 99.7 Å². The molecule has 0 saturated carbocycles. The van der Waals surface area contributed by atoms with Crippen LogP contribution in [0.3, 0.4) is 0 Å². The van der Waals surface area contributed by atoms with E-state index in [1.165, 1.54) is 23.1 Å². The van der Waals surface area contributed by atoms with E-state index in [9.17, 15) is 14.4 Å². The lowest BCUT2D eigenvalue weighted by molar-refractivity contribution is -0.134. The molecule has 2 aromatic heterocycles. The van der Waals surface area contributed by atoms with E-state index in [0.717, 1.165) is 87.2 Å². The number of fused-ring (bicyclic) bond motifs is 3. The Labute approximate surface area is 278 Å². The van der Waals surface area contributed by atoms with Crippen LogP contribution in [0.4, 0.5) is 17.3 Å². The van der Waals surface area contributed by atoms with Gasteiger partial charge in [0.1, 0.15) is 11.5 Å². The molecule has 2 atom stereocenters. The molecule has 12 nitrogen and oxygen atoms in total. The minimum absolute atomic E-state index is 0.139. The Balaban J connectivity index is 0.900. The number of nitrogens with two attached hydrogens (primary N) is 1. The highest BCUT2D eigenvalue weighted by Gasteiger charge is 2.36. The molecule has 3 saturated heterocycles. The molecule has 248 valence electrons. The van der Waals surface area contributed by atoms with Gasteiger partial charge in [-0.15, -0.1) is 0 Å². The first kappa shape index (κ1) is 30.5. The summed E-state index contributed by atoms with van der Waals surface area (Å²) in [6.45, 7) is 3.91. The summed E-state index contributed by atoms with van der Waals surface area (Å²) in [6.07, 6.45) is 9.90. The van der Waals surface area contributed by atoms with Gasteiger partial charge in [-0.3, -0.25) is 24.6 Å². The topological polar surface area (TPSA) is 160 Å². The van der Waals surface area contributed by atoms with Crippen molar-refractivity contribution < 1.29 is 18.9 Å². The normalized spacial score (nSPS) is 22.1. The summed E-state index contributed by atoms with van der Waals surface area (Å²) in [5.41, 5.74) is 11.8. The number of rotatable bonds is 7. The Morgan fingerprint density at radius 2 is 1.75 bits per heavy atom. The van der Waals surface area contributed by atoms with E-state index in [0.29, 0.717) is 36.3 Å². The number of nitrogens with one attached hydrogen (secondary N) is 2. The molecular formula is C36H40N8O4. The summed E-state index contributed by atoms with van der Waals surface area (Å²) >= 11 is 0. The average molecular weight is 649 g/mol. The molecule has 2 unspecified atom stereocenters. The molecule has 4 aliphatic rings. The predicted molar refractivity (Wildman–Crippen MR) is 180 cm³/mol. The maximum Gasteiger partial charge on any atom is 0.271 e. The Hall–Kier alpha value is -4.84. The van der Waals surface area contributed by atoms with E-state index >= 15 is 0 Å². The molecule has 0 radical (unpaired) electrons. The molecule has 0 bridgehead atoms. The van der Waals surface area contributed by atoms with E-state index in [1.54, 1.807) is 6.20 Å². The largest absolute Gasteiger partial charge is 0.364 e. The molecule has 12 heteroatoms. The second kappa shape index (κ2) is 12.6. The van der Waals surface area contributed by atoms with Crippen molar-refractivity contribution in [2.45, 2.75) is 75.7 Å². The zero-order valence-corrected chi connectivity index (χ0v) is 26.9. The van der Waals surface area contributed by atoms with E-state index in [4.69, 9.17) is 15.2 Å². The van der Waals surface area contributed by atoms with Gasteiger partial charge >= 0.3 is 0 Å². The van der Waals surface area contributed by atoms with E-state index in [2.05, 4.69) is 48.8 Å². The monoisotopic (exact) mass is 648 g/mol. The van der Waals surface area contributed by atoms with E-state index < -0.39 is 11.8 Å². The number of amides is 3. The first-order valence-electron chi connectivity index (χ1n) is 17.2. The van der Waals surface area contributed by atoms with Gasteiger partial charge < -0.3 is 20.5 Å². The predicted octanol–water partition coefficient (Wildman–Crippen LogP) is 4.32. The van der Waals surface area contributed by atoms with Gasteiger partial charge in [-0.1, -0.05) is 23.4 Å². The summed E-state index contributed by atoms with van der Waals surface area (Å²) < 4.78 is 5.86. The first-order valence-corrected chi connectivity index (χ1v) is 17.2. The van der Waals surface area contributed by atoms with Gasteiger partial charge in [0, 0.05) is 42.2 Å². The summed E-state index contributed by atoms with van der Waals surface area (Å²) in [5, 5.41) is 10.9. The number of anilines is 3. The lowest BCUT2D eigenvalue weighted by Crippen LogP contribution is -2.41. The van der Waals surface area contributed by atoms with Gasteiger partial charge in [-0.25, -0.2) is 9.97 Å². The van der Waals surface area contributed by atoms with Crippen molar-refractivity contribution in [3.63, 3.8) is 0 Å². The second-order valence-corrected chi connectivity index (χ2v) is 13.6. The number of likely N-dealkylation sites (tertiary alicyclic amines) is 1. The standard InChI is InChI=1S/C36H40N8O4/c37-34(46)32-35(40-29(20-38-32)44-14-2-1-3-15-44)39-24-7-4-21(5-8-24)22-12-16-43(17-13-22)25-18-23-6-9-26-31(42-48-33(26)28(23)19-25)27-10-11-30(45)41-36(27)47/h4-9,20,22,25,27H,1-3,10-19H2,(H2,37,46)(H,39,40)(H,41,45,47). The van der Waals surface area contributed by atoms with E-state index in [-0.39, 0.29) is 17.5 Å². The van der Waals surface area contributed by atoms with Crippen LogP contribution >= 0.6 is 0 Å². The van der Waals surface area contributed by atoms with Gasteiger partial charge in [0.2, 0.25) is 11.8 Å². The van der Waals surface area contributed by atoms with Crippen LogP contribution in [0.1, 0.15) is 89.7 Å². The number of carbonyl (C=O) groups is 3. The molecule has 2 aromatic carbocycles. The lowest BCUT2D eigenvalue weighted by Gasteiger charge is -2.36. The minimum Gasteiger partial charge on any atom is -0.364 e.